The van der Waals surface area contributed by atoms with Crippen molar-refractivity contribution in [3.63, 3.8) is 0 Å². The normalized spacial score (nSPS) is 12.2. The van der Waals surface area contributed by atoms with Crippen LogP contribution in [0.4, 0.5) is 0 Å². The summed E-state index contributed by atoms with van der Waals surface area (Å²) in [5, 5.41) is 11.8. The summed E-state index contributed by atoms with van der Waals surface area (Å²) < 4.78 is 1.53. The molecule has 0 N–H and O–H groups in total. The third kappa shape index (κ3) is 2.28. The van der Waals surface area contributed by atoms with E-state index in [2.05, 4.69) is 0 Å². The van der Waals surface area contributed by atoms with Gasteiger partial charge in [-0.15, -0.1) is 0 Å². The van der Waals surface area contributed by atoms with Gasteiger partial charge in [0, 0.05) is 34.4 Å². The van der Waals surface area contributed by atoms with Gasteiger partial charge in [0.2, 0.25) is 0 Å². The molecule has 0 bridgehead atoms. The number of benzene rings is 2. The van der Waals surface area contributed by atoms with Gasteiger partial charge in [0.25, 0.3) is 5.56 Å². The second-order valence-corrected chi connectivity index (χ2v) is 6.08. The molecule has 25 heavy (non-hydrogen) atoms. The fourth-order valence-corrected chi connectivity index (χ4v) is 3.52. The van der Waals surface area contributed by atoms with E-state index < -0.39 is 5.97 Å². The molecular formula is C20H14NO4-. The van der Waals surface area contributed by atoms with Crippen molar-refractivity contribution in [3.8, 4) is 11.3 Å². The summed E-state index contributed by atoms with van der Waals surface area (Å²) in [6.07, 6.45) is 0.132. The van der Waals surface area contributed by atoms with Crippen LogP contribution in [0.3, 0.4) is 0 Å². The number of nitrogens with zero attached hydrogens (tertiary/aromatic N) is 1. The Bertz CT molecular complexity index is 1090. The third-order valence-corrected chi connectivity index (χ3v) is 4.60. The van der Waals surface area contributed by atoms with E-state index in [4.69, 9.17) is 0 Å². The average molecular weight is 332 g/mol. The number of hydrogen-bond acceptors (Lipinski definition) is 4. The molecule has 124 valence electrons. The first-order valence-electron chi connectivity index (χ1n) is 8.09. The van der Waals surface area contributed by atoms with Crippen molar-refractivity contribution in [3.05, 3.63) is 70.0 Å². The number of pyridine rings is 1. The summed E-state index contributed by atoms with van der Waals surface area (Å²) in [7, 11) is 0. The van der Waals surface area contributed by atoms with E-state index >= 15 is 0 Å². The van der Waals surface area contributed by atoms with Gasteiger partial charge in [-0.2, -0.15) is 0 Å². The molecule has 0 spiro atoms. The number of fused-ring (bicyclic) bond motifs is 5. The van der Waals surface area contributed by atoms with E-state index in [9.17, 15) is 19.5 Å². The zero-order chi connectivity index (χ0) is 17.6. The molecule has 0 amide bonds. The predicted octanol–water partition coefficient (Wildman–Crippen LogP) is 1.74. The van der Waals surface area contributed by atoms with E-state index in [0.29, 0.717) is 27.6 Å². The summed E-state index contributed by atoms with van der Waals surface area (Å²) in [4.78, 5) is 36.6. The lowest BCUT2D eigenvalue weighted by Crippen LogP contribution is -2.26. The minimum Gasteiger partial charge on any atom is -0.550 e. The number of carboxylic acid groups (broad SMARTS) is 1. The van der Waals surface area contributed by atoms with Crippen LogP contribution in [0, 0.1) is 0 Å². The minimum absolute atomic E-state index is 0.101. The molecule has 5 nitrogen and oxygen atoms in total. The Morgan fingerprint density at radius 2 is 1.56 bits per heavy atom. The van der Waals surface area contributed by atoms with Crippen molar-refractivity contribution in [2.75, 3.05) is 0 Å². The Morgan fingerprint density at radius 1 is 0.920 bits per heavy atom. The number of rotatable bonds is 4. The lowest BCUT2D eigenvalue weighted by atomic mass is 10.0. The van der Waals surface area contributed by atoms with Crippen molar-refractivity contribution in [1.29, 1.82) is 0 Å². The fourth-order valence-electron chi connectivity index (χ4n) is 3.52. The first kappa shape index (κ1) is 15.3. The summed E-state index contributed by atoms with van der Waals surface area (Å²) in [5.41, 5.74) is 2.19. The van der Waals surface area contributed by atoms with Crippen LogP contribution in [0.1, 0.15) is 28.8 Å². The van der Waals surface area contributed by atoms with Crippen LogP contribution in [0.15, 0.2) is 53.3 Å². The zero-order valence-corrected chi connectivity index (χ0v) is 13.3. The molecule has 1 heterocycles. The standard InChI is InChI=1S/C20H15NO4/c22-16(23)10-5-11-21-18-13-7-2-3-8-14(13)19(24)17(18)12-6-1-4-9-15(12)20(21)25/h1-4,6-9H,5,10-11H2,(H,22,23)/p-1. The Balaban J connectivity index is 2.03. The highest BCUT2D eigenvalue weighted by molar-refractivity contribution is 6.26. The van der Waals surface area contributed by atoms with Crippen molar-refractivity contribution in [1.82, 2.24) is 4.57 Å². The smallest absolute Gasteiger partial charge is 0.258 e. The number of carbonyl (C=O) groups excluding carboxylic acids is 2. The third-order valence-electron chi connectivity index (χ3n) is 4.60. The first-order valence-corrected chi connectivity index (χ1v) is 8.09. The van der Waals surface area contributed by atoms with E-state index in [0.717, 1.165) is 5.56 Å². The van der Waals surface area contributed by atoms with Gasteiger partial charge in [-0.05, 0) is 18.9 Å². The molecule has 0 saturated carbocycles. The van der Waals surface area contributed by atoms with Crippen LogP contribution < -0.4 is 10.7 Å². The fraction of sp³-hybridized carbons (Fsp3) is 0.150. The average Bonchev–Trinajstić information content (AvgIpc) is 2.91. The number of carbonyl (C=O) groups is 2. The lowest BCUT2D eigenvalue weighted by Gasteiger charge is -2.15. The van der Waals surface area contributed by atoms with Crippen molar-refractivity contribution < 1.29 is 14.7 Å². The molecule has 0 fully saturated rings. The Labute approximate surface area is 143 Å². The molecule has 0 radical (unpaired) electrons. The SMILES string of the molecule is O=C([O-])CCCn1c2c(c3ccccc3c1=O)C(=O)c1ccccc1-2. The number of ketones is 1. The van der Waals surface area contributed by atoms with Crippen LogP contribution in [0.25, 0.3) is 22.0 Å². The summed E-state index contributed by atoms with van der Waals surface area (Å²) >= 11 is 0. The summed E-state index contributed by atoms with van der Waals surface area (Å²) in [5.74, 6) is -1.25. The number of hydrogen-bond donors (Lipinski definition) is 0. The van der Waals surface area contributed by atoms with Gasteiger partial charge in [0.1, 0.15) is 0 Å². The molecule has 0 saturated heterocycles. The van der Waals surface area contributed by atoms with Gasteiger partial charge in [-0.25, -0.2) is 0 Å². The summed E-state index contributed by atoms with van der Waals surface area (Å²) in [6.45, 7) is 0.224. The van der Waals surface area contributed by atoms with Gasteiger partial charge >= 0.3 is 0 Å². The topological polar surface area (TPSA) is 79.2 Å². The van der Waals surface area contributed by atoms with E-state index in [1.54, 1.807) is 36.4 Å². The highest BCUT2D eigenvalue weighted by Gasteiger charge is 2.31. The maximum atomic E-state index is 13.0. The minimum atomic E-state index is -1.15. The Kier molecular flexibility index (Phi) is 3.50. The van der Waals surface area contributed by atoms with Gasteiger partial charge in [0.15, 0.2) is 5.78 Å². The molecule has 2 aromatic carbocycles. The molecular weight excluding hydrogens is 318 g/mol. The van der Waals surface area contributed by atoms with Crippen LogP contribution >= 0.6 is 0 Å². The van der Waals surface area contributed by atoms with Gasteiger partial charge in [-0.3, -0.25) is 9.59 Å². The monoisotopic (exact) mass is 332 g/mol. The number of carboxylic acids is 1. The zero-order valence-electron chi connectivity index (χ0n) is 13.3. The molecule has 5 heteroatoms. The van der Waals surface area contributed by atoms with Gasteiger partial charge in [0.05, 0.1) is 11.3 Å². The quantitative estimate of drug-likeness (QED) is 0.570. The van der Waals surface area contributed by atoms with Crippen molar-refractivity contribution in [2.24, 2.45) is 0 Å². The van der Waals surface area contributed by atoms with E-state index in [1.807, 2.05) is 12.1 Å². The predicted molar refractivity (Wildman–Crippen MR) is 91.3 cm³/mol. The summed E-state index contributed by atoms with van der Waals surface area (Å²) in [6, 6.07) is 14.2. The number of aliphatic carboxylic acids is 1. The van der Waals surface area contributed by atoms with Gasteiger partial charge in [-0.1, -0.05) is 42.5 Å². The molecule has 0 aliphatic heterocycles. The largest absolute Gasteiger partial charge is 0.550 e. The van der Waals surface area contributed by atoms with Crippen LogP contribution in [0.2, 0.25) is 0 Å². The van der Waals surface area contributed by atoms with Crippen molar-refractivity contribution in [2.45, 2.75) is 19.4 Å². The lowest BCUT2D eigenvalue weighted by molar-refractivity contribution is -0.305. The van der Waals surface area contributed by atoms with Gasteiger partial charge < -0.3 is 14.5 Å². The van der Waals surface area contributed by atoms with Crippen LogP contribution in [-0.2, 0) is 11.3 Å². The van der Waals surface area contributed by atoms with Crippen LogP contribution in [0.5, 0.6) is 0 Å². The molecule has 0 unspecified atom stereocenters. The maximum absolute atomic E-state index is 13.0. The first-order chi connectivity index (χ1) is 12.1. The highest BCUT2D eigenvalue weighted by atomic mass is 16.4. The molecule has 4 rings (SSSR count). The molecule has 1 aromatic heterocycles. The maximum Gasteiger partial charge on any atom is 0.258 e. The number of aromatic nitrogens is 1. The second-order valence-electron chi connectivity index (χ2n) is 6.08. The second kappa shape index (κ2) is 5.70. The molecule has 1 aliphatic rings. The Morgan fingerprint density at radius 3 is 2.28 bits per heavy atom. The molecule has 3 aromatic rings. The van der Waals surface area contributed by atoms with Crippen LogP contribution in [-0.4, -0.2) is 16.3 Å². The highest BCUT2D eigenvalue weighted by Crippen LogP contribution is 2.39. The van der Waals surface area contributed by atoms with Crippen molar-refractivity contribution >= 4 is 22.5 Å². The van der Waals surface area contributed by atoms with E-state index in [1.165, 1.54) is 4.57 Å². The Hall–Kier alpha value is -3.21. The van der Waals surface area contributed by atoms with E-state index in [-0.39, 0.29) is 30.7 Å². The molecule has 1 aliphatic carbocycles. The molecule has 0 atom stereocenters.